The molecule has 0 saturated heterocycles. The first-order valence-corrected chi connectivity index (χ1v) is 6.40. The highest BCUT2D eigenvalue weighted by Gasteiger charge is 2.15. The summed E-state index contributed by atoms with van der Waals surface area (Å²) < 4.78 is 3.87. The van der Waals surface area contributed by atoms with Gasteiger partial charge in [-0.2, -0.15) is 10.2 Å². The van der Waals surface area contributed by atoms with Gasteiger partial charge in [0.25, 0.3) is 0 Å². The largest absolute Gasteiger partial charge is 0.276 e. The Labute approximate surface area is 109 Å². The van der Waals surface area contributed by atoms with Gasteiger partial charge in [-0.1, -0.05) is 6.92 Å². The molecule has 0 aromatic carbocycles. The fourth-order valence-corrected chi connectivity index (χ4v) is 1.97. The summed E-state index contributed by atoms with van der Waals surface area (Å²) in [5, 5.41) is 8.86. The van der Waals surface area contributed by atoms with Crippen LogP contribution in [0.25, 0.3) is 0 Å². The Morgan fingerprint density at radius 1 is 1.33 bits per heavy atom. The van der Waals surface area contributed by atoms with E-state index in [1.54, 1.807) is 0 Å². The first kappa shape index (κ1) is 12.9. The van der Waals surface area contributed by atoms with Crippen LogP contribution in [0.3, 0.4) is 0 Å². The Bertz CT molecular complexity index is 516. The van der Waals surface area contributed by atoms with Gasteiger partial charge in [0, 0.05) is 19.4 Å². The van der Waals surface area contributed by atoms with Crippen molar-refractivity contribution >= 4 is 0 Å². The Morgan fingerprint density at radius 3 is 2.56 bits per heavy atom. The third-order valence-corrected chi connectivity index (χ3v) is 3.14. The van der Waals surface area contributed by atoms with E-state index in [2.05, 4.69) is 56.4 Å². The van der Waals surface area contributed by atoms with E-state index in [0.29, 0.717) is 5.92 Å². The van der Waals surface area contributed by atoms with E-state index in [-0.39, 0.29) is 5.54 Å². The van der Waals surface area contributed by atoms with Gasteiger partial charge in [0.1, 0.15) is 0 Å². The van der Waals surface area contributed by atoms with Crippen molar-refractivity contribution in [1.82, 2.24) is 19.6 Å². The number of nitrogens with zero attached hydrogens (tertiary/aromatic N) is 4. The Hall–Kier alpha value is -1.58. The van der Waals surface area contributed by atoms with Crippen LogP contribution < -0.4 is 0 Å². The molecule has 0 aliphatic carbocycles. The molecule has 18 heavy (non-hydrogen) atoms. The van der Waals surface area contributed by atoms with E-state index < -0.39 is 0 Å². The van der Waals surface area contributed by atoms with Gasteiger partial charge in [0.05, 0.1) is 17.4 Å². The Balaban J connectivity index is 2.08. The normalized spacial score (nSPS) is 13.8. The zero-order valence-electron chi connectivity index (χ0n) is 11.9. The number of hydrogen-bond acceptors (Lipinski definition) is 2. The highest BCUT2D eigenvalue weighted by molar-refractivity contribution is 5.14. The molecule has 0 spiro atoms. The molecular weight excluding hydrogens is 224 g/mol. The maximum Gasteiger partial charge on any atom is 0.0630 e. The lowest BCUT2D eigenvalue weighted by Gasteiger charge is -2.19. The van der Waals surface area contributed by atoms with Crippen molar-refractivity contribution in [2.75, 3.05) is 0 Å². The Morgan fingerprint density at radius 2 is 2.06 bits per heavy atom. The summed E-state index contributed by atoms with van der Waals surface area (Å²) in [6.07, 6.45) is 7.02. The van der Waals surface area contributed by atoms with Crippen molar-refractivity contribution < 1.29 is 0 Å². The first-order valence-electron chi connectivity index (χ1n) is 6.40. The van der Waals surface area contributed by atoms with Crippen LogP contribution in [0, 0.1) is 0 Å². The molecule has 0 amide bonds. The maximum atomic E-state index is 4.64. The second-order valence-electron chi connectivity index (χ2n) is 5.97. The Kier molecular flexibility index (Phi) is 3.28. The van der Waals surface area contributed by atoms with Crippen molar-refractivity contribution in [3.8, 4) is 0 Å². The quantitative estimate of drug-likeness (QED) is 0.834. The minimum atomic E-state index is 0.0514. The summed E-state index contributed by atoms with van der Waals surface area (Å²) in [6.45, 7) is 8.70. The average molecular weight is 246 g/mol. The van der Waals surface area contributed by atoms with Gasteiger partial charge in [-0.05, 0) is 44.7 Å². The maximum absolute atomic E-state index is 4.64. The minimum absolute atomic E-state index is 0.0514. The van der Waals surface area contributed by atoms with Crippen molar-refractivity contribution in [1.29, 1.82) is 0 Å². The molecule has 0 saturated carbocycles. The molecule has 0 aliphatic heterocycles. The summed E-state index contributed by atoms with van der Waals surface area (Å²) in [7, 11) is 1.95. The lowest BCUT2D eigenvalue weighted by molar-refractivity contribution is 0.352. The van der Waals surface area contributed by atoms with Crippen LogP contribution in [-0.2, 0) is 19.0 Å². The molecule has 2 aromatic rings. The summed E-state index contributed by atoms with van der Waals surface area (Å²) >= 11 is 0. The number of hydrogen-bond donors (Lipinski definition) is 0. The van der Waals surface area contributed by atoms with Gasteiger partial charge in [0.15, 0.2) is 0 Å². The molecule has 1 unspecified atom stereocenters. The third kappa shape index (κ3) is 2.81. The first-order chi connectivity index (χ1) is 8.36. The number of aryl methyl sites for hydroxylation is 1. The molecule has 1 atom stereocenters. The van der Waals surface area contributed by atoms with Crippen LogP contribution in [0.5, 0.6) is 0 Å². The van der Waals surface area contributed by atoms with Gasteiger partial charge in [-0.3, -0.25) is 9.36 Å². The van der Waals surface area contributed by atoms with E-state index in [1.165, 1.54) is 5.56 Å². The van der Waals surface area contributed by atoms with Crippen LogP contribution in [0.15, 0.2) is 24.7 Å². The van der Waals surface area contributed by atoms with Crippen LogP contribution in [0.1, 0.15) is 44.9 Å². The third-order valence-electron chi connectivity index (χ3n) is 3.14. The van der Waals surface area contributed by atoms with Gasteiger partial charge in [0.2, 0.25) is 0 Å². The molecule has 0 N–H and O–H groups in total. The van der Waals surface area contributed by atoms with E-state index in [9.17, 15) is 0 Å². The molecule has 2 rings (SSSR count). The van der Waals surface area contributed by atoms with Crippen LogP contribution in [0.4, 0.5) is 0 Å². The average Bonchev–Trinajstić information content (AvgIpc) is 2.85. The predicted octanol–water partition coefficient (Wildman–Crippen LogP) is 2.72. The highest BCUT2D eigenvalue weighted by atomic mass is 15.3. The molecule has 0 bridgehead atoms. The standard InChI is InChI=1S/C14H22N4/c1-11(12-9-15-17(5)10-12)8-13-6-7-18(16-13)14(2,3)4/h6-7,9-11H,8H2,1-5H3. The second-order valence-corrected chi connectivity index (χ2v) is 5.97. The predicted molar refractivity (Wildman–Crippen MR) is 72.6 cm³/mol. The van der Waals surface area contributed by atoms with Crippen LogP contribution in [-0.4, -0.2) is 19.6 Å². The van der Waals surface area contributed by atoms with Crippen LogP contribution in [0.2, 0.25) is 0 Å². The van der Waals surface area contributed by atoms with Gasteiger partial charge < -0.3 is 0 Å². The van der Waals surface area contributed by atoms with E-state index in [0.717, 1.165) is 12.1 Å². The van der Waals surface area contributed by atoms with Gasteiger partial charge in [-0.25, -0.2) is 0 Å². The fourth-order valence-electron chi connectivity index (χ4n) is 1.97. The zero-order chi connectivity index (χ0) is 13.3. The van der Waals surface area contributed by atoms with E-state index in [4.69, 9.17) is 0 Å². The van der Waals surface area contributed by atoms with E-state index in [1.807, 2.05) is 22.6 Å². The lowest BCUT2D eigenvalue weighted by atomic mass is 10.00. The van der Waals surface area contributed by atoms with Crippen molar-refractivity contribution in [3.63, 3.8) is 0 Å². The van der Waals surface area contributed by atoms with Crippen molar-refractivity contribution in [3.05, 3.63) is 35.9 Å². The molecule has 4 heteroatoms. The number of rotatable bonds is 3. The van der Waals surface area contributed by atoms with E-state index >= 15 is 0 Å². The fraction of sp³-hybridized carbons (Fsp3) is 0.571. The van der Waals surface area contributed by atoms with Gasteiger partial charge >= 0.3 is 0 Å². The zero-order valence-corrected chi connectivity index (χ0v) is 11.9. The summed E-state index contributed by atoms with van der Waals surface area (Å²) in [6, 6.07) is 2.11. The monoisotopic (exact) mass is 246 g/mol. The highest BCUT2D eigenvalue weighted by Crippen LogP contribution is 2.20. The second kappa shape index (κ2) is 4.59. The lowest BCUT2D eigenvalue weighted by Crippen LogP contribution is -2.22. The molecule has 0 aliphatic rings. The van der Waals surface area contributed by atoms with Crippen molar-refractivity contribution in [2.24, 2.45) is 7.05 Å². The molecule has 98 valence electrons. The molecular formula is C14H22N4. The topological polar surface area (TPSA) is 35.6 Å². The van der Waals surface area contributed by atoms with Crippen LogP contribution >= 0.6 is 0 Å². The summed E-state index contributed by atoms with van der Waals surface area (Å²) in [5.41, 5.74) is 2.46. The SMILES string of the molecule is CC(Cc1ccn(C(C)(C)C)n1)c1cnn(C)c1. The number of aromatic nitrogens is 4. The molecule has 2 heterocycles. The smallest absolute Gasteiger partial charge is 0.0630 e. The summed E-state index contributed by atoms with van der Waals surface area (Å²) in [5.74, 6) is 0.446. The molecule has 0 radical (unpaired) electrons. The minimum Gasteiger partial charge on any atom is -0.276 e. The summed E-state index contributed by atoms with van der Waals surface area (Å²) in [4.78, 5) is 0. The molecule has 2 aromatic heterocycles. The molecule has 0 fully saturated rings. The van der Waals surface area contributed by atoms with Gasteiger partial charge in [-0.15, -0.1) is 0 Å². The van der Waals surface area contributed by atoms with Crippen molar-refractivity contribution in [2.45, 2.75) is 45.6 Å². The molecule has 4 nitrogen and oxygen atoms in total.